The minimum Gasteiger partial charge on any atom is -0.495 e. The van der Waals surface area contributed by atoms with Crippen LogP contribution in [0.15, 0.2) is 23.1 Å². The molecule has 1 amide bonds. The molecule has 2 aromatic heterocycles. The number of methoxy groups -OCH3 is 1. The van der Waals surface area contributed by atoms with E-state index in [-0.39, 0.29) is 22.5 Å². The van der Waals surface area contributed by atoms with E-state index in [1.54, 1.807) is 0 Å². The van der Waals surface area contributed by atoms with Crippen molar-refractivity contribution in [2.45, 2.75) is 44.6 Å². The van der Waals surface area contributed by atoms with Crippen molar-refractivity contribution in [1.29, 1.82) is 0 Å². The third-order valence-corrected chi connectivity index (χ3v) is 7.62. The van der Waals surface area contributed by atoms with Crippen LogP contribution in [0.2, 0.25) is 0 Å². The Morgan fingerprint density at radius 1 is 1.20 bits per heavy atom. The molecule has 10 heteroatoms. The third-order valence-electron chi connectivity index (χ3n) is 4.92. The number of amides is 1. The zero-order valence-corrected chi connectivity index (χ0v) is 18.7. The maximum absolute atomic E-state index is 13.0. The summed E-state index contributed by atoms with van der Waals surface area (Å²) in [5.41, 5.74) is 1.90. The first kappa shape index (κ1) is 20.7. The van der Waals surface area contributed by atoms with Crippen molar-refractivity contribution in [2.24, 2.45) is 0 Å². The van der Waals surface area contributed by atoms with Gasteiger partial charge in [0.15, 0.2) is 0 Å². The lowest BCUT2D eigenvalue weighted by Crippen LogP contribution is -2.25. The molecule has 0 aliphatic heterocycles. The monoisotopic (exact) mass is 446 g/mol. The minimum atomic E-state index is -3.66. The number of anilines is 1. The maximum atomic E-state index is 13.0. The molecule has 0 spiro atoms. The molecule has 1 aliphatic rings. The molecule has 1 fully saturated rings. The van der Waals surface area contributed by atoms with Crippen LogP contribution < -0.4 is 14.8 Å². The SMILES string of the molecule is COc1ccc(S(=O)(=O)NC2CC2)cc1NC(=O)c1sc2nc(C)nc(C)c2c1C. The highest BCUT2D eigenvalue weighted by Crippen LogP contribution is 2.34. The van der Waals surface area contributed by atoms with Crippen LogP contribution in [-0.2, 0) is 10.0 Å². The van der Waals surface area contributed by atoms with Gasteiger partial charge in [-0.25, -0.2) is 23.1 Å². The Bertz CT molecular complexity index is 1260. The number of aryl methyl sites for hydroxylation is 3. The lowest BCUT2D eigenvalue weighted by atomic mass is 10.1. The van der Waals surface area contributed by atoms with Crippen LogP contribution in [0.25, 0.3) is 10.2 Å². The number of carbonyl (C=O) groups excluding carboxylic acids is 1. The van der Waals surface area contributed by atoms with Gasteiger partial charge in [-0.3, -0.25) is 4.79 Å². The topological polar surface area (TPSA) is 110 Å². The number of nitrogens with zero attached hydrogens (tertiary/aromatic N) is 2. The molecule has 0 unspecified atom stereocenters. The zero-order valence-electron chi connectivity index (χ0n) is 17.1. The Balaban J connectivity index is 1.69. The summed E-state index contributed by atoms with van der Waals surface area (Å²) < 4.78 is 33.1. The Kier molecular flexibility index (Phi) is 5.25. The Morgan fingerprint density at radius 2 is 1.93 bits per heavy atom. The first-order valence-electron chi connectivity index (χ1n) is 9.45. The van der Waals surface area contributed by atoms with E-state index in [1.807, 2.05) is 20.8 Å². The van der Waals surface area contributed by atoms with Gasteiger partial charge in [-0.2, -0.15) is 0 Å². The predicted molar refractivity (Wildman–Crippen MR) is 116 cm³/mol. The molecule has 0 atom stereocenters. The Hall–Kier alpha value is -2.56. The standard InChI is InChI=1S/C20H22N4O4S2/c1-10-17-11(2)21-12(3)22-20(17)29-18(10)19(25)23-15-9-14(7-8-16(15)28-4)30(26,27)24-13-5-6-13/h7-9,13,24H,5-6H2,1-4H3,(H,23,25). The van der Waals surface area contributed by atoms with Crippen molar-refractivity contribution in [2.75, 3.05) is 12.4 Å². The summed E-state index contributed by atoms with van der Waals surface area (Å²) in [5, 5.41) is 3.67. The number of thiophene rings is 1. The first-order chi connectivity index (χ1) is 14.2. The van der Waals surface area contributed by atoms with Gasteiger partial charge in [0.1, 0.15) is 16.4 Å². The second-order valence-electron chi connectivity index (χ2n) is 7.30. The van der Waals surface area contributed by atoms with Crippen LogP contribution in [0.4, 0.5) is 5.69 Å². The number of fused-ring (bicyclic) bond motifs is 1. The highest BCUT2D eigenvalue weighted by molar-refractivity contribution is 7.89. The highest BCUT2D eigenvalue weighted by Gasteiger charge is 2.29. The predicted octanol–water partition coefficient (Wildman–Crippen LogP) is 3.32. The summed E-state index contributed by atoms with van der Waals surface area (Å²) in [4.78, 5) is 23.2. The van der Waals surface area contributed by atoms with Crippen LogP contribution in [0.3, 0.4) is 0 Å². The van der Waals surface area contributed by atoms with Gasteiger partial charge >= 0.3 is 0 Å². The van der Waals surface area contributed by atoms with E-state index in [4.69, 9.17) is 4.74 Å². The molecule has 0 radical (unpaired) electrons. The summed E-state index contributed by atoms with van der Waals surface area (Å²) in [5.74, 6) is 0.672. The van der Waals surface area contributed by atoms with Crippen LogP contribution in [0.1, 0.15) is 39.6 Å². The molecule has 0 saturated heterocycles. The minimum absolute atomic E-state index is 0.0100. The summed E-state index contributed by atoms with van der Waals surface area (Å²) in [6, 6.07) is 4.41. The molecule has 4 rings (SSSR count). The van der Waals surface area contributed by atoms with Gasteiger partial charge in [0.2, 0.25) is 10.0 Å². The molecule has 8 nitrogen and oxygen atoms in total. The van der Waals surface area contributed by atoms with Gasteiger partial charge in [-0.15, -0.1) is 11.3 Å². The zero-order chi connectivity index (χ0) is 21.6. The first-order valence-corrected chi connectivity index (χ1v) is 11.8. The number of aromatic nitrogens is 2. The summed E-state index contributed by atoms with van der Waals surface area (Å²) in [7, 11) is -2.19. The lowest BCUT2D eigenvalue weighted by Gasteiger charge is -2.13. The number of ether oxygens (including phenoxy) is 1. The Labute approximate surface area is 178 Å². The molecule has 1 saturated carbocycles. The molecule has 2 heterocycles. The van der Waals surface area contributed by atoms with E-state index in [9.17, 15) is 13.2 Å². The third kappa shape index (κ3) is 3.90. The van der Waals surface area contributed by atoms with Crippen molar-refractivity contribution in [3.05, 3.63) is 40.2 Å². The fourth-order valence-corrected chi connectivity index (χ4v) is 5.81. The van der Waals surface area contributed by atoms with Crippen LogP contribution in [0.5, 0.6) is 5.75 Å². The number of nitrogens with one attached hydrogen (secondary N) is 2. The van der Waals surface area contributed by atoms with E-state index in [0.29, 0.717) is 16.5 Å². The number of hydrogen-bond donors (Lipinski definition) is 2. The van der Waals surface area contributed by atoms with Gasteiger partial charge in [0.25, 0.3) is 5.91 Å². The molecule has 30 heavy (non-hydrogen) atoms. The quantitative estimate of drug-likeness (QED) is 0.601. The number of benzene rings is 1. The second kappa shape index (κ2) is 7.60. The van der Waals surface area contributed by atoms with Gasteiger partial charge in [-0.05, 0) is 57.4 Å². The largest absolute Gasteiger partial charge is 0.495 e. The van der Waals surface area contributed by atoms with E-state index < -0.39 is 10.0 Å². The molecule has 158 valence electrons. The van der Waals surface area contributed by atoms with Crippen LogP contribution in [0, 0.1) is 20.8 Å². The van der Waals surface area contributed by atoms with E-state index >= 15 is 0 Å². The molecule has 3 aromatic rings. The second-order valence-corrected chi connectivity index (χ2v) is 10.0. The van der Waals surface area contributed by atoms with Gasteiger partial charge in [0, 0.05) is 17.1 Å². The fourth-order valence-electron chi connectivity index (χ4n) is 3.31. The molecule has 2 N–H and O–H groups in total. The summed E-state index contributed by atoms with van der Waals surface area (Å²) in [6.07, 6.45) is 1.68. The normalized spacial score (nSPS) is 14.1. The average molecular weight is 447 g/mol. The molecular formula is C20H22N4O4S2. The van der Waals surface area contributed by atoms with Crippen molar-refractivity contribution in [3.8, 4) is 5.75 Å². The fraction of sp³-hybridized carbons (Fsp3) is 0.350. The van der Waals surface area contributed by atoms with Crippen molar-refractivity contribution in [1.82, 2.24) is 14.7 Å². The van der Waals surface area contributed by atoms with E-state index in [1.165, 1.54) is 36.6 Å². The molecule has 1 aromatic carbocycles. The Morgan fingerprint density at radius 3 is 2.60 bits per heavy atom. The summed E-state index contributed by atoms with van der Waals surface area (Å²) >= 11 is 1.28. The van der Waals surface area contributed by atoms with Crippen molar-refractivity contribution in [3.63, 3.8) is 0 Å². The van der Waals surface area contributed by atoms with E-state index in [2.05, 4.69) is 20.0 Å². The lowest BCUT2D eigenvalue weighted by molar-refractivity contribution is 0.102. The van der Waals surface area contributed by atoms with Gasteiger partial charge < -0.3 is 10.1 Å². The van der Waals surface area contributed by atoms with E-state index in [0.717, 1.165) is 34.3 Å². The van der Waals surface area contributed by atoms with Gasteiger partial charge in [-0.1, -0.05) is 0 Å². The maximum Gasteiger partial charge on any atom is 0.266 e. The van der Waals surface area contributed by atoms with Crippen LogP contribution >= 0.6 is 11.3 Å². The summed E-state index contributed by atoms with van der Waals surface area (Å²) in [6.45, 7) is 5.56. The number of sulfonamides is 1. The average Bonchev–Trinajstić information content (AvgIpc) is 3.41. The van der Waals surface area contributed by atoms with Crippen molar-refractivity contribution < 1.29 is 17.9 Å². The number of hydrogen-bond acceptors (Lipinski definition) is 7. The van der Waals surface area contributed by atoms with Crippen LogP contribution in [-0.4, -0.2) is 37.4 Å². The van der Waals surface area contributed by atoms with Gasteiger partial charge in [0.05, 0.1) is 22.6 Å². The molecule has 1 aliphatic carbocycles. The number of rotatable bonds is 6. The molecule has 0 bridgehead atoms. The smallest absolute Gasteiger partial charge is 0.266 e. The molecular weight excluding hydrogens is 424 g/mol. The highest BCUT2D eigenvalue weighted by atomic mass is 32.2. The number of carbonyl (C=O) groups is 1. The van der Waals surface area contributed by atoms with Crippen molar-refractivity contribution >= 4 is 43.2 Å².